The highest BCUT2D eigenvalue weighted by molar-refractivity contribution is 5.98. The lowest BCUT2D eigenvalue weighted by Crippen LogP contribution is -2.48. The minimum Gasteiger partial charge on any atom is -0.497 e. The molecule has 2 N–H and O–H groups in total. The second kappa shape index (κ2) is 7.50. The fourth-order valence-corrected chi connectivity index (χ4v) is 3.91. The molecular formula is C22H28N2O2. The van der Waals surface area contributed by atoms with Crippen molar-refractivity contribution >= 4 is 11.6 Å². The molecule has 0 saturated carbocycles. The van der Waals surface area contributed by atoms with Crippen molar-refractivity contribution in [1.29, 1.82) is 0 Å². The smallest absolute Gasteiger partial charge is 0.244 e. The Bertz CT molecular complexity index is 793. The predicted octanol–water partition coefficient (Wildman–Crippen LogP) is 3.41. The van der Waals surface area contributed by atoms with E-state index in [-0.39, 0.29) is 5.91 Å². The van der Waals surface area contributed by atoms with Crippen molar-refractivity contribution in [2.75, 3.05) is 18.6 Å². The second-order valence-electron chi connectivity index (χ2n) is 7.44. The van der Waals surface area contributed by atoms with Crippen molar-refractivity contribution in [3.63, 3.8) is 0 Å². The van der Waals surface area contributed by atoms with Gasteiger partial charge in [0.05, 0.1) is 13.2 Å². The van der Waals surface area contributed by atoms with Crippen molar-refractivity contribution < 1.29 is 9.53 Å². The van der Waals surface area contributed by atoms with Gasteiger partial charge in [-0.3, -0.25) is 4.79 Å². The summed E-state index contributed by atoms with van der Waals surface area (Å²) in [5, 5.41) is 0. The van der Waals surface area contributed by atoms with E-state index >= 15 is 0 Å². The number of methoxy groups -OCH3 is 1. The summed E-state index contributed by atoms with van der Waals surface area (Å²) in [5.74, 6) is 1.27. The van der Waals surface area contributed by atoms with Gasteiger partial charge in [0.25, 0.3) is 0 Å². The van der Waals surface area contributed by atoms with Gasteiger partial charge in [-0.15, -0.1) is 0 Å². The molecule has 0 fully saturated rings. The Kier molecular flexibility index (Phi) is 5.33. The molecule has 1 heterocycles. The number of nitrogens with zero attached hydrogens (tertiary/aromatic N) is 1. The molecule has 0 saturated heterocycles. The lowest BCUT2D eigenvalue weighted by atomic mass is 9.92. The fourth-order valence-electron chi connectivity index (χ4n) is 3.91. The molecule has 2 atom stereocenters. The average Bonchev–Trinajstić information content (AvgIpc) is 2.62. The van der Waals surface area contributed by atoms with Gasteiger partial charge in [-0.1, -0.05) is 25.1 Å². The van der Waals surface area contributed by atoms with Crippen molar-refractivity contribution in [3.05, 3.63) is 58.7 Å². The van der Waals surface area contributed by atoms with Gasteiger partial charge in [0.2, 0.25) is 5.91 Å². The first-order valence-electron chi connectivity index (χ1n) is 9.19. The van der Waals surface area contributed by atoms with Gasteiger partial charge in [0.1, 0.15) is 5.75 Å². The Morgan fingerprint density at radius 1 is 1.27 bits per heavy atom. The summed E-state index contributed by atoms with van der Waals surface area (Å²) >= 11 is 0. The van der Waals surface area contributed by atoms with Gasteiger partial charge in [0, 0.05) is 12.2 Å². The van der Waals surface area contributed by atoms with Gasteiger partial charge >= 0.3 is 0 Å². The number of aryl methyl sites for hydroxylation is 2. The summed E-state index contributed by atoms with van der Waals surface area (Å²) in [7, 11) is 1.66. The maximum atomic E-state index is 13.1. The number of benzene rings is 2. The van der Waals surface area contributed by atoms with E-state index in [9.17, 15) is 4.79 Å². The van der Waals surface area contributed by atoms with Gasteiger partial charge in [-0.25, -0.2) is 0 Å². The molecular weight excluding hydrogens is 324 g/mol. The molecule has 0 aliphatic carbocycles. The number of anilines is 1. The van der Waals surface area contributed by atoms with Gasteiger partial charge < -0.3 is 15.4 Å². The zero-order chi connectivity index (χ0) is 18.8. The highest BCUT2D eigenvalue weighted by Gasteiger charge is 2.29. The summed E-state index contributed by atoms with van der Waals surface area (Å²) in [5.41, 5.74) is 11.9. The minimum absolute atomic E-state index is 0.00128. The van der Waals surface area contributed by atoms with E-state index < -0.39 is 6.04 Å². The van der Waals surface area contributed by atoms with E-state index in [1.165, 1.54) is 5.56 Å². The van der Waals surface area contributed by atoms with Crippen LogP contribution in [0.15, 0.2) is 36.4 Å². The van der Waals surface area contributed by atoms with Crippen LogP contribution in [-0.2, 0) is 17.6 Å². The average molecular weight is 352 g/mol. The van der Waals surface area contributed by atoms with Crippen LogP contribution in [0.2, 0.25) is 0 Å². The largest absolute Gasteiger partial charge is 0.497 e. The molecule has 26 heavy (non-hydrogen) atoms. The number of hydrogen-bond acceptors (Lipinski definition) is 3. The molecule has 4 heteroatoms. The van der Waals surface area contributed by atoms with Crippen LogP contribution in [0.25, 0.3) is 0 Å². The van der Waals surface area contributed by atoms with E-state index in [0.717, 1.165) is 41.1 Å². The summed E-state index contributed by atoms with van der Waals surface area (Å²) < 4.78 is 5.32. The highest BCUT2D eigenvalue weighted by atomic mass is 16.5. The quantitative estimate of drug-likeness (QED) is 0.917. The van der Waals surface area contributed by atoms with Gasteiger partial charge in [-0.05, 0) is 73.1 Å². The SMILES string of the molecule is COc1cc(C)c(C[C@H](N)C(=O)N2CC(C)Cc3ccccc32)c(C)c1. The minimum atomic E-state index is -0.556. The van der Waals surface area contributed by atoms with E-state index in [1.54, 1.807) is 7.11 Å². The van der Waals surface area contributed by atoms with Crippen molar-refractivity contribution in [2.24, 2.45) is 11.7 Å². The van der Waals surface area contributed by atoms with Crippen LogP contribution in [0.5, 0.6) is 5.75 Å². The number of carbonyl (C=O) groups excluding carboxylic acids is 1. The fraction of sp³-hybridized carbons (Fsp3) is 0.409. The Morgan fingerprint density at radius 2 is 1.92 bits per heavy atom. The molecule has 138 valence electrons. The monoisotopic (exact) mass is 352 g/mol. The van der Waals surface area contributed by atoms with Gasteiger partial charge in [-0.2, -0.15) is 0 Å². The Morgan fingerprint density at radius 3 is 2.58 bits per heavy atom. The summed E-state index contributed by atoms with van der Waals surface area (Å²) in [4.78, 5) is 15.0. The molecule has 4 nitrogen and oxygen atoms in total. The number of amides is 1. The van der Waals surface area contributed by atoms with E-state index in [1.807, 2.05) is 49.1 Å². The van der Waals surface area contributed by atoms with Crippen molar-refractivity contribution in [3.8, 4) is 5.75 Å². The number of para-hydroxylation sites is 1. The molecule has 2 aromatic rings. The number of ether oxygens (including phenoxy) is 1. The normalized spacial score (nSPS) is 17.6. The van der Waals surface area contributed by atoms with Crippen LogP contribution >= 0.6 is 0 Å². The van der Waals surface area contributed by atoms with Crippen molar-refractivity contribution in [2.45, 2.75) is 39.7 Å². The molecule has 0 bridgehead atoms. The van der Waals surface area contributed by atoms with Crippen LogP contribution in [0.3, 0.4) is 0 Å². The summed E-state index contributed by atoms with van der Waals surface area (Å²) in [6.07, 6.45) is 1.54. The zero-order valence-corrected chi connectivity index (χ0v) is 16.1. The molecule has 1 aliphatic rings. The topological polar surface area (TPSA) is 55.6 Å². The maximum Gasteiger partial charge on any atom is 0.244 e. The Hall–Kier alpha value is -2.33. The van der Waals surface area contributed by atoms with Gasteiger partial charge in [0.15, 0.2) is 0 Å². The number of rotatable bonds is 4. The third-order valence-corrected chi connectivity index (χ3v) is 5.26. The van der Waals surface area contributed by atoms with Crippen LogP contribution in [0.1, 0.15) is 29.2 Å². The lowest BCUT2D eigenvalue weighted by molar-refractivity contribution is -0.120. The third kappa shape index (κ3) is 3.61. The number of carbonyl (C=O) groups is 1. The molecule has 0 radical (unpaired) electrons. The molecule has 1 unspecified atom stereocenters. The van der Waals surface area contributed by atoms with Crippen LogP contribution in [0, 0.1) is 19.8 Å². The van der Waals surface area contributed by atoms with E-state index in [4.69, 9.17) is 10.5 Å². The number of fused-ring (bicyclic) bond motifs is 1. The van der Waals surface area contributed by atoms with Crippen molar-refractivity contribution in [1.82, 2.24) is 0 Å². The van der Waals surface area contributed by atoms with Crippen LogP contribution < -0.4 is 15.4 Å². The first kappa shape index (κ1) is 18.5. The molecule has 2 aromatic carbocycles. The number of hydrogen-bond donors (Lipinski definition) is 1. The first-order chi connectivity index (χ1) is 12.4. The molecule has 1 amide bonds. The lowest BCUT2D eigenvalue weighted by Gasteiger charge is -2.34. The first-order valence-corrected chi connectivity index (χ1v) is 9.19. The third-order valence-electron chi connectivity index (χ3n) is 5.26. The second-order valence-corrected chi connectivity index (χ2v) is 7.44. The Labute approximate surface area is 156 Å². The molecule has 3 rings (SSSR count). The molecule has 0 spiro atoms. The standard InChI is InChI=1S/C22H28N2O2/c1-14-9-17-7-5-6-8-21(17)24(13-14)22(25)20(23)12-19-15(2)10-18(26-4)11-16(19)3/h5-8,10-11,14,20H,9,12-13,23H2,1-4H3/t14?,20-/m0/s1. The Balaban J connectivity index is 1.83. The zero-order valence-electron chi connectivity index (χ0n) is 16.1. The molecule has 0 aromatic heterocycles. The summed E-state index contributed by atoms with van der Waals surface area (Å²) in [6.45, 7) is 6.99. The van der Waals surface area contributed by atoms with E-state index in [2.05, 4.69) is 13.0 Å². The molecule has 1 aliphatic heterocycles. The number of nitrogens with two attached hydrogens (primary N) is 1. The predicted molar refractivity (Wildman–Crippen MR) is 106 cm³/mol. The van der Waals surface area contributed by atoms with Crippen LogP contribution in [0.4, 0.5) is 5.69 Å². The summed E-state index contributed by atoms with van der Waals surface area (Å²) in [6, 6.07) is 11.6. The maximum absolute atomic E-state index is 13.1. The van der Waals surface area contributed by atoms with Crippen LogP contribution in [-0.4, -0.2) is 25.6 Å². The highest BCUT2D eigenvalue weighted by Crippen LogP contribution is 2.30. The van der Waals surface area contributed by atoms with E-state index in [0.29, 0.717) is 12.3 Å².